The standard InChI is InChI=1S/C15H21NO3/c16-13(19-11-12-7-3-1-4-8-12)15(14(17)18)9-5-2-6-10-15/h1,3-4,7-8,13H,2,5-6,9-11,16H2,(H,17,18). The van der Waals surface area contributed by atoms with Gasteiger partial charge in [-0.15, -0.1) is 0 Å². The summed E-state index contributed by atoms with van der Waals surface area (Å²) in [6, 6.07) is 9.68. The highest BCUT2D eigenvalue weighted by Crippen LogP contribution is 2.39. The molecule has 3 N–H and O–H groups in total. The van der Waals surface area contributed by atoms with E-state index in [0.717, 1.165) is 24.8 Å². The highest BCUT2D eigenvalue weighted by atomic mass is 16.5. The molecule has 0 aliphatic heterocycles. The molecule has 19 heavy (non-hydrogen) atoms. The van der Waals surface area contributed by atoms with Crippen LogP contribution < -0.4 is 5.73 Å². The molecule has 1 saturated carbocycles. The van der Waals surface area contributed by atoms with E-state index in [1.165, 1.54) is 0 Å². The Labute approximate surface area is 113 Å². The Morgan fingerprint density at radius 3 is 2.47 bits per heavy atom. The second-order valence-electron chi connectivity index (χ2n) is 5.24. The van der Waals surface area contributed by atoms with E-state index in [0.29, 0.717) is 19.4 Å². The lowest BCUT2D eigenvalue weighted by molar-refractivity contribution is -0.164. The number of carbonyl (C=O) groups is 1. The van der Waals surface area contributed by atoms with Crippen molar-refractivity contribution in [3.05, 3.63) is 35.9 Å². The van der Waals surface area contributed by atoms with Crippen molar-refractivity contribution < 1.29 is 14.6 Å². The van der Waals surface area contributed by atoms with Crippen molar-refractivity contribution in [1.82, 2.24) is 0 Å². The third-order valence-electron chi connectivity index (χ3n) is 3.99. The van der Waals surface area contributed by atoms with Crippen LogP contribution in [0.5, 0.6) is 0 Å². The molecule has 1 aromatic rings. The number of ether oxygens (including phenoxy) is 1. The second-order valence-corrected chi connectivity index (χ2v) is 5.24. The lowest BCUT2D eigenvalue weighted by atomic mass is 9.73. The molecule has 1 aromatic carbocycles. The molecule has 1 fully saturated rings. The van der Waals surface area contributed by atoms with Crippen molar-refractivity contribution >= 4 is 5.97 Å². The van der Waals surface area contributed by atoms with Gasteiger partial charge in [-0.3, -0.25) is 4.79 Å². The summed E-state index contributed by atoms with van der Waals surface area (Å²) < 4.78 is 5.63. The third-order valence-corrected chi connectivity index (χ3v) is 3.99. The van der Waals surface area contributed by atoms with Gasteiger partial charge in [0.2, 0.25) is 0 Å². The quantitative estimate of drug-likeness (QED) is 0.801. The molecule has 0 aromatic heterocycles. The molecule has 0 amide bonds. The molecule has 1 aliphatic carbocycles. The molecule has 1 aliphatic rings. The first kappa shape index (κ1) is 14.0. The zero-order chi connectivity index (χ0) is 13.7. The Hall–Kier alpha value is -1.39. The van der Waals surface area contributed by atoms with E-state index in [2.05, 4.69) is 0 Å². The maximum absolute atomic E-state index is 11.6. The molecular formula is C15H21NO3. The van der Waals surface area contributed by atoms with Crippen LogP contribution in [0.2, 0.25) is 0 Å². The van der Waals surface area contributed by atoms with E-state index in [4.69, 9.17) is 10.5 Å². The number of benzene rings is 1. The predicted molar refractivity (Wildman–Crippen MR) is 72.4 cm³/mol. The summed E-state index contributed by atoms with van der Waals surface area (Å²) in [7, 11) is 0. The number of hydrogen-bond acceptors (Lipinski definition) is 3. The summed E-state index contributed by atoms with van der Waals surface area (Å²) in [6.07, 6.45) is 3.38. The van der Waals surface area contributed by atoms with Gasteiger partial charge in [0.15, 0.2) is 0 Å². The fourth-order valence-electron chi connectivity index (χ4n) is 2.72. The van der Waals surface area contributed by atoms with E-state index >= 15 is 0 Å². The van der Waals surface area contributed by atoms with Crippen molar-refractivity contribution in [2.75, 3.05) is 0 Å². The number of carboxylic acid groups (broad SMARTS) is 1. The molecule has 0 heterocycles. The van der Waals surface area contributed by atoms with E-state index in [9.17, 15) is 9.90 Å². The minimum Gasteiger partial charge on any atom is -0.481 e. The number of hydrogen-bond donors (Lipinski definition) is 2. The Morgan fingerprint density at radius 1 is 1.26 bits per heavy atom. The largest absolute Gasteiger partial charge is 0.481 e. The monoisotopic (exact) mass is 263 g/mol. The molecule has 0 saturated heterocycles. The van der Waals surface area contributed by atoms with Crippen LogP contribution in [0.15, 0.2) is 30.3 Å². The van der Waals surface area contributed by atoms with Crippen molar-refractivity contribution in [3.63, 3.8) is 0 Å². The van der Waals surface area contributed by atoms with Crippen LogP contribution in [-0.4, -0.2) is 17.3 Å². The van der Waals surface area contributed by atoms with Crippen molar-refractivity contribution in [2.24, 2.45) is 11.1 Å². The third kappa shape index (κ3) is 3.14. The van der Waals surface area contributed by atoms with Gasteiger partial charge in [0.1, 0.15) is 11.6 Å². The van der Waals surface area contributed by atoms with Gasteiger partial charge < -0.3 is 15.6 Å². The fourth-order valence-corrected chi connectivity index (χ4v) is 2.72. The summed E-state index contributed by atoms with van der Waals surface area (Å²) in [6.45, 7) is 0.358. The van der Waals surface area contributed by atoms with Crippen molar-refractivity contribution in [3.8, 4) is 0 Å². The molecule has 4 heteroatoms. The van der Waals surface area contributed by atoms with Gasteiger partial charge >= 0.3 is 5.97 Å². The Bertz CT molecular complexity index is 413. The lowest BCUT2D eigenvalue weighted by Gasteiger charge is -2.37. The summed E-state index contributed by atoms with van der Waals surface area (Å²) in [5.41, 5.74) is 6.13. The zero-order valence-corrected chi connectivity index (χ0v) is 11.0. The first-order valence-corrected chi connectivity index (χ1v) is 6.80. The number of carboxylic acids is 1. The summed E-state index contributed by atoms with van der Waals surface area (Å²) in [5, 5.41) is 9.50. The number of nitrogens with two attached hydrogens (primary N) is 1. The molecule has 104 valence electrons. The van der Waals surface area contributed by atoms with Crippen LogP contribution in [0.3, 0.4) is 0 Å². The van der Waals surface area contributed by atoms with Gasteiger partial charge in [0.05, 0.1) is 6.61 Å². The van der Waals surface area contributed by atoms with E-state index in [1.54, 1.807) is 0 Å². The molecule has 1 atom stereocenters. The minimum atomic E-state index is -0.910. The van der Waals surface area contributed by atoms with Crippen LogP contribution >= 0.6 is 0 Å². The van der Waals surface area contributed by atoms with Gasteiger partial charge in [0.25, 0.3) is 0 Å². The van der Waals surface area contributed by atoms with Crippen LogP contribution in [0.1, 0.15) is 37.7 Å². The van der Waals surface area contributed by atoms with Crippen LogP contribution in [0.4, 0.5) is 0 Å². The SMILES string of the molecule is NC(OCc1ccccc1)C1(C(=O)O)CCCCC1. The molecule has 0 spiro atoms. The highest BCUT2D eigenvalue weighted by Gasteiger charge is 2.45. The zero-order valence-electron chi connectivity index (χ0n) is 11.0. The Kier molecular flexibility index (Phi) is 4.56. The molecule has 0 radical (unpaired) electrons. The number of rotatable bonds is 5. The van der Waals surface area contributed by atoms with E-state index < -0.39 is 17.6 Å². The summed E-state index contributed by atoms with van der Waals surface area (Å²) >= 11 is 0. The molecule has 4 nitrogen and oxygen atoms in total. The minimum absolute atomic E-state index is 0.358. The normalized spacial score (nSPS) is 19.8. The van der Waals surface area contributed by atoms with E-state index in [1.807, 2.05) is 30.3 Å². The van der Waals surface area contributed by atoms with Gasteiger partial charge in [-0.1, -0.05) is 49.6 Å². The Balaban J connectivity index is 2.00. The topological polar surface area (TPSA) is 72.5 Å². The van der Waals surface area contributed by atoms with Crippen molar-refractivity contribution in [2.45, 2.75) is 44.9 Å². The smallest absolute Gasteiger partial charge is 0.313 e. The fraction of sp³-hybridized carbons (Fsp3) is 0.533. The second kappa shape index (κ2) is 6.17. The van der Waals surface area contributed by atoms with Crippen LogP contribution in [-0.2, 0) is 16.1 Å². The van der Waals surface area contributed by atoms with E-state index in [-0.39, 0.29) is 0 Å². The summed E-state index contributed by atoms with van der Waals surface area (Å²) in [4.78, 5) is 11.6. The molecule has 2 rings (SSSR count). The maximum Gasteiger partial charge on any atom is 0.313 e. The number of aliphatic carboxylic acids is 1. The van der Waals surface area contributed by atoms with Gasteiger partial charge in [-0.05, 0) is 18.4 Å². The van der Waals surface area contributed by atoms with Crippen LogP contribution in [0, 0.1) is 5.41 Å². The molecular weight excluding hydrogens is 242 g/mol. The predicted octanol–water partition coefficient (Wildman–Crippen LogP) is 2.52. The maximum atomic E-state index is 11.6. The van der Waals surface area contributed by atoms with Crippen molar-refractivity contribution in [1.29, 1.82) is 0 Å². The first-order valence-electron chi connectivity index (χ1n) is 6.80. The average Bonchev–Trinajstić information content (AvgIpc) is 2.46. The van der Waals surface area contributed by atoms with Crippen LogP contribution in [0.25, 0.3) is 0 Å². The highest BCUT2D eigenvalue weighted by molar-refractivity contribution is 5.75. The van der Waals surface area contributed by atoms with Gasteiger partial charge in [0, 0.05) is 0 Å². The van der Waals surface area contributed by atoms with Gasteiger partial charge in [-0.25, -0.2) is 0 Å². The Morgan fingerprint density at radius 2 is 1.89 bits per heavy atom. The molecule has 0 bridgehead atoms. The summed E-state index contributed by atoms with van der Waals surface area (Å²) in [5.74, 6) is -0.826. The van der Waals surface area contributed by atoms with Gasteiger partial charge in [-0.2, -0.15) is 0 Å². The first-order chi connectivity index (χ1) is 9.15. The molecule has 1 unspecified atom stereocenters. The lowest BCUT2D eigenvalue weighted by Crippen LogP contribution is -2.50. The average molecular weight is 263 g/mol.